The lowest BCUT2D eigenvalue weighted by molar-refractivity contribution is -0.127. The van der Waals surface area contributed by atoms with E-state index in [1.165, 1.54) is 5.56 Å². The van der Waals surface area contributed by atoms with Crippen LogP contribution in [0.2, 0.25) is 0 Å². The predicted molar refractivity (Wildman–Crippen MR) is 84.8 cm³/mol. The average Bonchev–Trinajstić information content (AvgIpc) is 2.95. The van der Waals surface area contributed by atoms with E-state index in [0.29, 0.717) is 18.7 Å². The van der Waals surface area contributed by atoms with Crippen molar-refractivity contribution in [2.24, 2.45) is 0 Å². The number of rotatable bonds is 8. The summed E-state index contributed by atoms with van der Waals surface area (Å²) in [5, 5.41) is 2.81. The van der Waals surface area contributed by atoms with E-state index in [2.05, 4.69) is 12.2 Å². The Kier molecular flexibility index (Phi) is 6.25. The minimum Gasteiger partial charge on any atom is -0.484 e. The monoisotopic (exact) mass is 304 g/mol. The highest BCUT2D eigenvalue weighted by Crippen LogP contribution is 2.12. The molecule has 120 valence electrons. The molecule has 0 aromatic heterocycles. The summed E-state index contributed by atoms with van der Waals surface area (Å²) in [7, 11) is 0. The summed E-state index contributed by atoms with van der Waals surface area (Å²) in [6.07, 6.45) is 3.38. The Morgan fingerprint density at radius 2 is 2.09 bits per heavy atom. The SMILES string of the molecule is CCc1ccc(OCC(=O)NCCCN2CCCC2=O)cc1. The van der Waals surface area contributed by atoms with Crippen molar-refractivity contribution in [3.8, 4) is 5.75 Å². The lowest BCUT2D eigenvalue weighted by atomic mass is 10.2. The zero-order valence-electron chi connectivity index (χ0n) is 13.1. The molecule has 2 rings (SSSR count). The zero-order valence-corrected chi connectivity index (χ0v) is 13.1. The third-order valence-corrected chi connectivity index (χ3v) is 3.80. The normalized spacial score (nSPS) is 14.2. The van der Waals surface area contributed by atoms with Crippen LogP contribution in [0.4, 0.5) is 0 Å². The van der Waals surface area contributed by atoms with Crippen molar-refractivity contribution in [3.05, 3.63) is 29.8 Å². The molecule has 22 heavy (non-hydrogen) atoms. The molecule has 1 heterocycles. The van der Waals surface area contributed by atoms with Gasteiger partial charge in [-0.3, -0.25) is 9.59 Å². The number of hydrogen-bond donors (Lipinski definition) is 1. The fourth-order valence-corrected chi connectivity index (χ4v) is 2.46. The summed E-state index contributed by atoms with van der Waals surface area (Å²) in [6, 6.07) is 7.76. The lowest BCUT2D eigenvalue weighted by Gasteiger charge is -2.15. The van der Waals surface area contributed by atoms with E-state index in [0.717, 1.165) is 32.4 Å². The largest absolute Gasteiger partial charge is 0.484 e. The van der Waals surface area contributed by atoms with Crippen LogP contribution in [0, 0.1) is 0 Å². The van der Waals surface area contributed by atoms with Gasteiger partial charge < -0.3 is 15.0 Å². The number of benzene rings is 1. The van der Waals surface area contributed by atoms with Crippen molar-refractivity contribution >= 4 is 11.8 Å². The first-order chi connectivity index (χ1) is 10.7. The van der Waals surface area contributed by atoms with Crippen molar-refractivity contribution in [3.63, 3.8) is 0 Å². The smallest absolute Gasteiger partial charge is 0.257 e. The Bertz CT molecular complexity index is 499. The summed E-state index contributed by atoms with van der Waals surface area (Å²) in [6.45, 7) is 4.26. The van der Waals surface area contributed by atoms with Gasteiger partial charge in [-0.25, -0.2) is 0 Å². The van der Waals surface area contributed by atoms with Gasteiger partial charge in [-0.1, -0.05) is 19.1 Å². The average molecular weight is 304 g/mol. The quantitative estimate of drug-likeness (QED) is 0.745. The van der Waals surface area contributed by atoms with Gasteiger partial charge in [0.15, 0.2) is 6.61 Å². The fourth-order valence-electron chi connectivity index (χ4n) is 2.46. The number of nitrogens with one attached hydrogen (secondary N) is 1. The van der Waals surface area contributed by atoms with Gasteiger partial charge in [-0.15, -0.1) is 0 Å². The van der Waals surface area contributed by atoms with Crippen LogP contribution in [0.15, 0.2) is 24.3 Å². The van der Waals surface area contributed by atoms with Crippen LogP contribution in [-0.4, -0.2) is 43.0 Å². The molecule has 0 atom stereocenters. The van der Waals surface area contributed by atoms with E-state index in [4.69, 9.17) is 4.74 Å². The molecule has 0 radical (unpaired) electrons. The molecule has 5 heteroatoms. The number of carbonyl (C=O) groups excluding carboxylic acids is 2. The van der Waals surface area contributed by atoms with Crippen molar-refractivity contribution in [1.82, 2.24) is 10.2 Å². The molecular weight excluding hydrogens is 280 g/mol. The van der Waals surface area contributed by atoms with E-state index in [9.17, 15) is 9.59 Å². The van der Waals surface area contributed by atoms with Gasteiger partial charge in [0.05, 0.1) is 0 Å². The second kappa shape index (κ2) is 8.41. The summed E-state index contributed by atoms with van der Waals surface area (Å²) in [5.41, 5.74) is 1.24. The molecule has 1 aromatic rings. The van der Waals surface area contributed by atoms with Crippen molar-refractivity contribution in [2.75, 3.05) is 26.2 Å². The summed E-state index contributed by atoms with van der Waals surface area (Å²) in [5.74, 6) is 0.799. The van der Waals surface area contributed by atoms with Crippen LogP contribution in [-0.2, 0) is 16.0 Å². The molecule has 0 saturated carbocycles. The van der Waals surface area contributed by atoms with Crippen molar-refractivity contribution < 1.29 is 14.3 Å². The number of likely N-dealkylation sites (tertiary alicyclic amines) is 1. The molecule has 1 saturated heterocycles. The van der Waals surface area contributed by atoms with Crippen molar-refractivity contribution in [1.29, 1.82) is 0 Å². The molecule has 0 spiro atoms. The van der Waals surface area contributed by atoms with Gasteiger partial charge in [-0.2, -0.15) is 0 Å². The van der Waals surface area contributed by atoms with E-state index in [-0.39, 0.29) is 18.4 Å². The van der Waals surface area contributed by atoms with Crippen LogP contribution >= 0.6 is 0 Å². The maximum Gasteiger partial charge on any atom is 0.257 e. The molecule has 1 N–H and O–H groups in total. The van der Waals surface area contributed by atoms with Gasteiger partial charge in [0.25, 0.3) is 5.91 Å². The van der Waals surface area contributed by atoms with E-state index in [1.54, 1.807) is 0 Å². The van der Waals surface area contributed by atoms with Gasteiger partial charge in [0.2, 0.25) is 5.91 Å². The third-order valence-electron chi connectivity index (χ3n) is 3.80. The topological polar surface area (TPSA) is 58.6 Å². The second-order valence-electron chi connectivity index (χ2n) is 5.47. The minimum absolute atomic E-state index is 0.0219. The van der Waals surface area contributed by atoms with Crippen LogP contribution in [0.25, 0.3) is 0 Å². The van der Waals surface area contributed by atoms with Crippen LogP contribution in [0.5, 0.6) is 5.75 Å². The number of aryl methyl sites for hydroxylation is 1. The fraction of sp³-hybridized carbons (Fsp3) is 0.529. The Morgan fingerprint density at radius 3 is 2.73 bits per heavy atom. The van der Waals surface area contributed by atoms with Gasteiger partial charge >= 0.3 is 0 Å². The molecule has 1 fully saturated rings. The second-order valence-corrected chi connectivity index (χ2v) is 5.47. The van der Waals surface area contributed by atoms with Crippen LogP contribution < -0.4 is 10.1 Å². The van der Waals surface area contributed by atoms with Gasteiger partial charge in [0.1, 0.15) is 5.75 Å². The number of carbonyl (C=O) groups is 2. The van der Waals surface area contributed by atoms with Crippen LogP contribution in [0.3, 0.4) is 0 Å². The molecule has 1 aliphatic rings. The van der Waals surface area contributed by atoms with Crippen LogP contribution in [0.1, 0.15) is 31.7 Å². The summed E-state index contributed by atoms with van der Waals surface area (Å²) in [4.78, 5) is 25.0. The lowest BCUT2D eigenvalue weighted by Crippen LogP contribution is -2.33. The standard InChI is InChI=1S/C17H24N2O3/c1-2-14-6-8-15(9-7-14)22-13-16(20)18-10-4-12-19-11-3-5-17(19)21/h6-9H,2-5,10-13H2,1H3,(H,18,20). The number of ether oxygens (including phenoxy) is 1. The Balaban J connectivity index is 1.58. The molecule has 5 nitrogen and oxygen atoms in total. The number of hydrogen-bond acceptors (Lipinski definition) is 3. The maximum atomic E-state index is 11.7. The summed E-state index contributed by atoms with van der Waals surface area (Å²) < 4.78 is 5.44. The molecule has 2 amide bonds. The number of nitrogens with zero attached hydrogens (tertiary/aromatic N) is 1. The first kappa shape index (κ1) is 16.3. The Hall–Kier alpha value is -2.04. The highest BCUT2D eigenvalue weighted by molar-refractivity contribution is 5.78. The van der Waals surface area contributed by atoms with Crippen molar-refractivity contribution in [2.45, 2.75) is 32.6 Å². The first-order valence-electron chi connectivity index (χ1n) is 7.95. The van der Waals surface area contributed by atoms with E-state index in [1.807, 2.05) is 29.2 Å². The molecule has 0 unspecified atom stereocenters. The Labute approximate surface area is 131 Å². The molecular formula is C17H24N2O3. The Morgan fingerprint density at radius 1 is 1.32 bits per heavy atom. The minimum atomic E-state index is -0.132. The molecule has 0 aliphatic carbocycles. The third kappa shape index (κ3) is 5.06. The molecule has 0 bridgehead atoms. The highest BCUT2D eigenvalue weighted by atomic mass is 16.5. The van der Waals surface area contributed by atoms with E-state index >= 15 is 0 Å². The zero-order chi connectivity index (χ0) is 15.8. The first-order valence-corrected chi connectivity index (χ1v) is 7.95. The van der Waals surface area contributed by atoms with Gasteiger partial charge in [0, 0.05) is 26.1 Å². The summed E-state index contributed by atoms with van der Waals surface area (Å²) >= 11 is 0. The molecule has 1 aliphatic heterocycles. The predicted octanol–water partition coefficient (Wildman–Crippen LogP) is 1.76. The highest BCUT2D eigenvalue weighted by Gasteiger charge is 2.18. The van der Waals surface area contributed by atoms with Gasteiger partial charge in [-0.05, 0) is 37.0 Å². The molecule has 1 aromatic carbocycles. The van der Waals surface area contributed by atoms with E-state index < -0.39 is 0 Å². The number of amides is 2. The maximum absolute atomic E-state index is 11.7.